The minimum absolute atomic E-state index is 0.113. The number of aryl methyl sites for hydroxylation is 1. The SMILES string of the molecule is CCOCCCNC(=O)c1cc(S(=O)(=O)N(C)C)ccc1C. The lowest BCUT2D eigenvalue weighted by Gasteiger charge is -2.14. The fourth-order valence-corrected chi connectivity index (χ4v) is 2.76. The summed E-state index contributed by atoms with van der Waals surface area (Å²) >= 11 is 0. The lowest BCUT2D eigenvalue weighted by molar-refractivity contribution is 0.0943. The Bertz CT molecular complexity index is 612. The van der Waals surface area contributed by atoms with E-state index in [4.69, 9.17) is 4.74 Å². The molecule has 1 rings (SSSR count). The summed E-state index contributed by atoms with van der Waals surface area (Å²) in [6.45, 7) is 5.42. The van der Waals surface area contributed by atoms with E-state index in [1.54, 1.807) is 13.0 Å². The predicted molar refractivity (Wildman–Crippen MR) is 85.5 cm³/mol. The molecular weight excluding hydrogens is 304 g/mol. The Kier molecular flexibility index (Phi) is 6.99. The van der Waals surface area contributed by atoms with Crippen LogP contribution in [0.3, 0.4) is 0 Å². The molecule has 0 atom stereocenters. The van der Waals surface area contributed by atoms with Crippen LogP contribution in [0.15, 0.2) is 23.1 Å². The third kappa shape index (κ3) is 4.79. The van der Waals surface area contributed by atoms with Gasteiger partial charge in [-0.2, -0.15) is 0 Å². The molecule has 124 valence electrons. The standard InChI is InChI=1S/C15H24N2O4S/c1-5-21-10-6-9-16-15(18)14-11-13(8-7-12(14)2)22(19,20)17(3)4/h7-8,11H,5-6,9-10H2,1-4H3,(H,16,18). The number of rotatable bonds is 8. The molecule has 0 bridgehead atoms. The van der Waals surface area contributed by atoms with E-state index in [-0.39, 0.29) is 10.8 Å². The van der Waals surface area contributed by atoms with Gasteiger partial charge in [-0.3, -0.25) is 4.79 Å². The van der Waals surface area contributed by atoms with Gasteiger partial charge in [0, 0.05) is 39.4 Å². The van der Waals surface area contributed by atoms with E-state index in [0.717, 1.165) is 9.87 Å². The van der Waals surface area contributed by atoms with Gasteiger partial charge in [0.15, 0.2) is 0 Å². The monoisotopic (exact) mass is 328 g/mol. The van der Waals surface area contributed by atoms with Crippen molar-refractivity contribution >= 4 is 15.9 Å². The summed E-state index contributed by atoms with van der Waals surface area (Å²) in [6, 6.07) is 4.57. The Morgan fingerprint density at radius 1 is 1.32 bits per heavy atom. The maximum atomic E-state index is 12.2. The molecule has 1 aromatic rings. The number of nitrogens with one attached hydrogen (secondary N) is 1. The van der Waals surface area contributed by atoms with E-state index in [9.17, 15) is 13.2 Å². The fraction of sp³-hybridized carbons (Fsp3) is 0.533. The van der Waals surface area contributed by atoms with Crippen molar-refractivity contribution in [2.24, 2.45) is 0 Å². The van der Waals surface area contributed by atoms with Gasteiger partial charge in [-0.1, -0.05) is 6.07 Å². The van der Waals surface area contributed by atoms with Gasteiger partial charge < -0.3 is 10.1 Å². The molecule has 6 nitrogen and oxygen atoms in total. The summed E-state index contributed by atoms with van der Waals surface area (Å²) in [7, 11) is -0.627. The first-order valence-electron chi connectivity index (χ1n) is 7.19. The van der Waals surface area contributed by atoms with Gasteiger partial charge in [0.25, 0.3) is 5.91 Å². The second kappa shape index (κ2) is 8.26. The maximum Gasteiger partial charge on any atom is 0.251 e. The summed E-state index contributed by atoms with van der Waals surface area (Å²) in [6.07, 6.45) is 0.717. The largest absolute Gasteiger partial charge is 0.382 e. The summed E-state index contributed by atoms with van der Waals surface area (Å²) < 4.78 is 30.6. The van der Waals surface area contributed by atoms with Crippen molar-refractivity contribution in [2.45, 2.75) is 25.2 Å². The van der Waals surface area contributed by atoms with E-state index in [2.05, 4.69) is 5.32 Å². The first kappa shape index (κ1) is 18.6. The molecular formula is C15H24N2O4S. The molecule has 0 saturated heterocycles. The second-order valence-corrected chi connectivity index (χ2v) is 7.22. The number of amides is 1. The molecule has 0 aromatic heterocycles. The Hall–Kier alpha value is -1.44. The molecule has 0 fully saturated rings. The number of nitrogens with zero attached hydrogens (tertiary/aromatic N) is 1. The Labute approximate surface area is 132 Å². The van der Waals surface area contributed by atoms with Crippen LogP contribution < -0.4 is 5.32 Å². The molecule has 0 spiro atoms. The number of benzene rings is 1. The molecule has 0 aliphatic rings. The minimum Gasteiger partial charge on any atom is -0.382 e. The van der Waals surface area contributed by atoms with E-state index in [0.29, 0.717) is 31.7 Å². The van der Waals surface area contributed by atoms with E-state index in [1.165, 1.54) is 26.2 Å². The van der Waals surface area contributed by atoms with Crippen LogP contribution in [-0.2, 0) is 14.8 Å². The zero-order valence-electron chi connectivity index (χ0n) is 13.5. The van der Waals surface area contributed by atoms with Gasteiger partial charge in [-0.15, -0.1) is 0 Å². The van der Waals surface area contributed by atoms with E-state index in [1.807, 2.05) is 6.92 Å². The van der Waals surface area contributed by atoms with Crippen molar-refractivity contribution in [3.05, 3.63) is 29.3 Å². The zero-order chi connectivity index (χ0) is 16.8. The topological polar surface area (TPSA) is 75.7 Å². The smallest absolute Gasteiger partial charge is 0.251 e. The molecule has 0 saturated carbocycles. The Morgan fingerprint density at radius 2 is 2.00 bits per heavy atom. The first-order valence-corrected chi connectivity index (χ1v) is 8.63. The third-order valence-electron chi connectivity index (χ3n) is 3.19. The van der Waals surface area contributed by atoms with Crippen LogP contribution in [0.25, 0.3) is 0 Å². The van der Waals surface area contributed by atoms with Crippen molar-refractivity contribution in [1.29, 1.82) is 0 Å². The average molecular weight is 328 g/mol. The Morgan fingerprint density at radius 3 is 2.59 bits per heavy atom. The third-order valence-corrected chi connectivity index (χ3v) is 5.00. The molecule has 0 unspecified atom stereocenters. The Balaban J connectivity index is 2.84. The zero-order valence-corrected chi connectivity index (χ0v) is 14.4. The van der Waals surface area contributed by atoms with Gasteiger partial charge in [0.1, 0.15) is 0 Å². The molecule has 7 heteroatoms. The molecule has 0 radical (unpaired) electrons. The van der Waals surface area contributed by atoms with Crippen LogP contribution in [0.4, 0.5) is 0 Å². The van der Waals surface area contributed by atoms with Crippen molar-refractivity contribution in [1.82, 2.24) is 9.62 Å². The number of ether oxygens (including phenoxy) is 1. The van der Waals surface area contributed by atoms with Gasteiger partial charge >= 0.3 is 0 Å². The second-order valence-electron chi connectivity index (χ2n) is 5.07. The predicted octanol–water partition coefficient (Wildman–Crippen LogP) is 1.40. The lowest BCUT2D eigenvalue weighted by Crippen LogP contribution is -2.27. The molecule has 22 heavy (non-hydrogen) atoms. The maximum absolute atomic E-state index is 12.2. The van der Waals surface area contributed by atoms with Gasteiger partial charge in [0.05, 0.1) is 4.90 Å². The van der Waals surface area contributed by atoms with Crippen LogP contribution in [0, 0.1) is 6.92 Å². The number of hydrogen-bond donors (Lipinski definition) is 1. The fourth-order valence-electron chi connectivity index (χ4n) is 1.83. The molecule has 1 amide bonds. The molecule has 0 heterocycles. The van der Waals surface area contributed by atoms with Crippen molar-refractivity contribution < 1.29 is 17.9 Å². The molecule has 0 aliphatic carbocycles. The normalized spacial score (nSPS) is 11.7. The minimum atomic E-state index is -3.55. The molecule has 0 aliphatic heterocycles. The number of sulfonamides is 1. The molecule has 1 aromatic carbocycles. The van der Waals surface area contributed by atoms with Crippen LogP contribution in [0.2, 0.25) is 0 Å². The summed E-state index contributed by atoms with van der Waals surface area (Å²) in [5.41, 5.74) is 1.11. The highest BCUT2D eigenvalue weighted by Crippen LogP contribution is 2.18. The quantitative estimate of drug-likeness (QED) is 0.732. The lowest BCUT2D eigenvalue weighted by atomic mass is 10.1. The summed E-state index contributed by atoms with van der Waals surface area (Å²) in [5, 5.41) is 2.78. The first-order chi connectivity index (χ1) is 10.3. The highest BCUT2D eigenvalue weighted by Gasteiger charge is 2.19. The number of carbonyl (C=O) groups excluding carboxylic acids is 1. The highest BCUT2D eigenvalue weighted by atomic mass is 32.2. The number of carbonyl (C=O) groups is 1. The summed E-state index contributed by atoms with van der Waals surface area (Å²) in [5.74, 6) is -0.273. The van der Waals surface area contributed by atoms with Crippen LogP contribution >= 0.6 is 0 Å². The van der Waals surface area contributed by atoms with Crippen LogP contribution in [0.5, 0.6) is 0 Å². The number of hydrogen-bond acceptors (Lipinski definition) is 4. The van der Waals surface area contributed by atoms with Gasteiger partial charge in [-0.25, -0.2) is 12.7 Å². The van der Waals surface area contributed by atoms with Crippen molar-refractivity contribution in [3.63, 3.8) is 0 Å². The van der Waals surface area contributed by atoms with Gasteiger partial charge in [0.2, 0.25) is 10.0 Å². The molecule has 1 N–H and O–H groups in total. The van der Waals surface area contributed by atoms with Gasteiger partial charge in [-0.05, 0) is 38.0 Å². The summed E-state index contributed by atoms with van der Waals surface area (Å²) in [4.78, 5) is 12.3. The van der Waals surface area contributed by atoms with Crippen LogP contribution in [-0.4, -0.2) is 52.5 Å². The van der Waals surface area contributed by atoms with E-state index < -0.39 is 10.0 Å². The van der Waals surface area contributed by atoms with Crippen LogP contribution in [0.1, 0.15) is 29.3 Å². The highest BCUT2D eigenvalue weighted by molar-refractivity contribution is 7.89. The average Bonchev–Trinajstić information content (AvgIpc) is 2.46. The van der Waals surface area contributed by atoms with E-state index >= 15 is 0 Å². The van der Waals surface area contributed by atoms with Crippen molar-refractivity contribution in [3.8, 4) is 0 Å². The van der Waals surface area contributed by atoms with Crippen molar-refractivity contribution in [2.75, 3.05) is 33.9 Å².